The van der Waals surface area contributed by atoms with Crippen molar-refractivity contribution in [3.63, 3.8) is 0 Å². The highest BCUT2D eigenvalue weighted by Gasteiger charge is 2.38. The molecule has 1 fully saturated rings. The average molecular weight is 340 g/mol. The van der Waals surface area contributed by atoms with Gasteiger partial charge in [0, 0.05) is 12.3 Å². The van der Waals surface area contributed by atoms with Gasteiger partial charge >= 0.3 is 0 Å². The zero-order valence-corrected chi connectivity index (χ0v) is 13.3. The van der Waals surface area contributed by atoms with Crippen molar-refractivity contribution in [2.24, 2.45) is 0 Å². The van der Waals surface area contributed by atoms with Gasteiger partial charge in [-0.05, 0) is 5.56 Å². The van der Waals surface area contributed by atoms with E-state index in [1.165, 1.54) is 21.8 Å². The Morgan fingerprint density at radius 2 is 1.92 bits per heavy atom. The number of rotatable bonds is 3. The molecule has 0 saturated carbocycles. The Morgan fingerprint density at radius 3 is 2.72 bits per heavy atom. The maximum absolute atomic E-state index is 12.8. The monoisotopic (exact) mass is 340 g/mol. The summed E-state index contributed by atoms with van der Waals surface area (Å²) >= 11 is 0. The van der Waals surface area contributed by atoms with Crippen LogP contribution in [0.15, 0.2) is 47.4 Å². The molecule has 2 aliphatic rings. The van der Waals surface area contributed by atoms with Gasteiger partial charge in [-0.25, -0.2) is 0 Å². The van der Waals surface area contributed by atoms with Crippen LogP contribution >= 0.6 is 0 Å². The number of aromatic nitrogens is 1. The van der Waals surface area contributed by atoms with Gasteiger partial charge < -0.3 is 20.4 Å². The molecule has 1 atom stereocenters. The molecule has 1 aromatic heterocycles. The van der Waals surface area contributed by atoms with Crippen LogP contribution in [0.1, 0.15) is 16.1 Å². The second kappa shape index (κ2) is 5.97. The van der Waals surface area contributed by atoms with Gasteiger partial charge in [0.15, 0.2) is 11.4 Å². The fraction of sp³-hybridized carbons (Fsp3) is 0.235. The molecule has 4 rings (SSSR count). The van der Waals surface area contributed by atoms with Crippen LogP contribution in [0.3, 0.4) is 0 Å². The number of carbonyl (C=O) groups is 2. The van der Waals surface area contributed by atoms with Gasteiger partial charge in [-0.2, -0.15) is 0 Å². The van der Waals surface area contributed by atoms with Gasteiger partial charge in [-0.3, -0.25) is 19.1 Å². The lowest BCUT2D eigenvalue weighted by molar-refractivity contribution is -0.124. The molecule has 8 heteroatoms. The van der Waals surface area contributed by atoms with Gasteiger partial charge in [0.1, 0.15) is 19.3 Å². The molecule has 128 valence electrons. The zero-order chi connectivity index (χ0) is 17.4. The summed E-state index contributed by atoms with van der Waals surface area (Å²) in [5.41, 5.74) is 3.72. The number of piperazine rings is 1. The summed E-state index contributed by atoms with van der Waals surface area (Å²) in [6.07, 6.45) is 1.14. The van der Waals surface area contributed by atoms with Gasteiger partial charge in [-0.1, -0.05) is 30.3 Å². The van der Waals surface area contributed by atoms with Crippen molar-refractivity contribution < 1.29 is 14.3 Å². The van der Waals surface area contributed by atoms with Crippen molar-refractivity contribution in [3.8, 4) is 5.75 Å². The molecule has 8 nitrogen and oxygen atoms in total. The third-order valence-electron chi connectivity index (χ3n) is 4.22. The molecule has 0 aliphatic carbocycles. The Labute approximate surface area is 143 Å². The van der Waals surface area contributed by atoms with Crippen LogP contribution in [0.25, 0.3) is 0 Å². The summed E-state index contributed by atoms with van der Waals surface area (Å²) in [5.74, 6) is -0.655. The van der Waals surface area contributed by atoms with Crippen LogP contribution in [0.4, 0.5) is 0 Å². The number of hydrogen-bond acceptors (Lipinski definition) is 5. The number of carbonyl (C=O) groups excluding carboxylic acids is 2. The number of fused-ring (bicyclic) bond motifs is 2. The number of hydrogen-bond donors (Lipinski definition) is 2. The topological polar surface area (TPSA) is 92.7 Å². The summed E-state index contributed by atoms with van der Waals surface area (Å²) in [4.78, 5) is 38.1. The standard InChI is InChI=1S/C17H16N4O4/c22-12-6-7-21-15(16(12)25-10-11-4-2-1-3-5-11)17(24)20-9-14(23)18-8-13(20)19-21/h1-7,13,19H,8-10H2,(H,18,23). The van der Waals surface area contributed by atoms with Crippen molar-refractivity contribution >= 4 is 11.8 Å². The fourth-order valence-electron chi connectivity index (χ4n) is 2.96. The van der Waals surface area contributed by atoms with Gasteiger partial charge in [0.25, 0.3) is 5.91 Å². The van der Waals surface area contributed by atoms with Gasteiger partial charge in [0.2, 0.25) is 11.3 Å². The lowest BCUT2D eigenvalue weighted by Gasteiger charge is -2.41. The Balaban J connectivity index is 1.68. The second-order valence-electron chi connectivity index (χ2n) is 5.88. The summed E-state index contributed by atoms with van der Waals surface area (Å²) in [6, 6.07) is 10.7. The summed E-state index contributed by atoms with van der Waals surface area (Å²) in [5, 5.41) is 2.70. The molecular formula is C17H16N4O4. The van der Waals surface area contributed by atoms with E-state index < -0.39 is 5.91 Å². The molecule has 2 aromatic rings. The van der Waals surface area contributed by atoms with E-state index in [1.54, 1.807) is 0 Å². The highest BCUT2D eigenvalue weighted by Crippen LogP contribution is 2.22. The lowest BCUT2D eigenvalue weighted by atomic mass is 10.2. The largest absolute Gasteiger partial charge is 0.482 e. The molecular weight excluding hydrogens is 324 g/mol. The minimum absolute atomic E-state index is 0.0201. The van der Waals surface area contributed by atoms with E-state index in [9.17, 15) is 14.4 Å². The number of nitrogens with one attached hydrogen (secondary N) is 2. The number of benzene rings is 1. The van der Waals surface area contributed by atoms with Crippen LogP contribution in [0.5, 0.6) is 5.75 Å². The molecule has 1 aromatic carbocycles. The molecule has 2 aliphatic heterocycles. The summed E-state index contributed by atoms with van der Waals surface area (Å²) in [6.45, 7) is 0.415. The van der Waals surface area contributed by atoms with Crippen LogP contribution in [-0.2, 0) is 11.4 Å². The predicted molar refractivity (Wildman–Crippen MR) is 88.7 cm³/mol. The van der Waals surface area contributed by atoms with Crippen molar-refractivity contribution in [1.82, 2.24) is 14.9 Å². The molecule has 0 radical (unpaired) electrons. The minimum Gasteiger partial charge on any atom is -0.482 e. The SMILES string of the molecule is O=C1CN2C(=O)c3c(OCc4ccccc4)c(=O)ccn3NC2CN1. The first-order valence-electron chi connectivity index (χ1n) is 7.90. The number of amides is 2. The predicted octanol–water partition coefficient (Wildman–Crippen LogP) is -0.117. The van der Waals surface area contributed by atoms with Crippen LogP contribution in [0.2, 0.25) is 0 Å². The van der Waals surface area contributed by atoms with Crippen molar-refractivity contribution in [1.29, 1.82) is 0 Å². The smallest absolute Gasteiger partial charge is 0.278 e. The molecule has 0 spiro atoms. The van der Waals surface area contributed by atoms with E-state index in [1.807, 2.05) is 30.3 Å². The quantitative estimate of drug-likeness (QED) is 0.813. The highest BCUT2D eigenvalue weighted by molar-refractivity contribution is 5.99. The highest BCUT2D eigenvalue weighted by atomic mass is 16.5. The normalized spacial score (nSPS) is 18.7. The zero-order valence-electron chi connectivity index (χ0n) is 13.3. The number of pyridine rings is 1. The molecule has 2 amide bonds. The van der Waals surface area contributed by atoms with Crippen molar-refractivity contribution in [2.45, 2.75) is 12.8 Å². The third kappa shape index (κ3) is 2.71. The van der Waals surface area contributed by atoms with Crippen LogP contribution in [-0.4, -0.2) is 40.6 Å². The first-order valence-corrected chi connectivity index (χ1v) is 7.90. The average Bonchev–Trinajstić information content (AvgIpc) is 2.63. The molecule has 2 N–H and O–H groups in total. The molecule has 25 heavy (non-hydrogen) atoms. The van der Waals surface area contributed by atoms with Crippen LogP contribution < -0.4 is 20.9 Å². The maximum Gasteiger partial charge on any atom is 0.278 e. The van der Waals surface area contributed by atoms with E-state index in [2.05, 4.69) is 10.7 Å². The lowest BCUT2D eigenvalue weighted by Crippen LogP contribution is -2.64. The molecule has 3 heterocycles. The van der Waals surface area contributed by atoms with Gasteiger partial charge in [-0.15, -0.1) is 0 Å². The molecule has 1 saturated heterocycles. The Kier molecular flexibility index (Phi) is 3.64. The first-order chi connectivity index (χ1) is 12.1. The number of ether oxygens (including phenoxy) is 1. The summed E-state index contributed by atoms with van der Waals surface area (Å²) in [7, 11) is 0. The van der Waals surface area contributed by atoms with Crippen molar-refractivity contribution in [3.05, 3.63) is 64.1 Å². The van der Waals surface area contributed by atoms with Gasteiger partial charge in [0.05, 0.1) is 6.54 Å². The Bertz CT molecular complexity index is 893. The maximum atomic E-state index is 12.8. The first kappa shape index (κ1) is 15.3. The second-order valence-corrected chi connectivity index (χ2v) is 5.88. The van der Waals surface area contributed by atoms with Crippen molar-refractivity contribution in [2.75, 3.05) is 18.5 Å². The fourth-order valence-corrected chi connectivity index (χ4v) is 2.96. The van der Waals surface area contributed by atoms with E-state index in [4.69, 9.17) is 4.74 Å². The minimum atomic E-state index is -0.403. The Hall–Kier alpha value is -3.29. The van der Waals surface area contributed by atoms with E-state index in [0.717, 1.165) is 5.56 Å². The van der Waals surface area contributed by atoms with Crippen LogP contribution in [0, 0.1) is 0 Å². The molecule has 1 unspecified atom stereocenters. The Morgan fingerprint density at radius 1 is 1.12 bits per heavy atom. The number of nitrogens with zero attached hydrogens (tertiary/aromatic N) is 2. The molecule has 0 bridgehead atoms. The van der Waals surface area contributed by atoms with E-state index in [0.29, 0.717) is 6.54 Å². The third-order valence-corrected chi connectivity index (χ3v) is 4.22. The van der Waals surface area contributed by atoms with E-state index in [-0.39, 0.29) is 42.1 Å². The summed E-state index contributed by atoms with van der Waals surface area (Å²) < 4.78 is 7.17. The van der Waals surface area contributed by atoms with E-state index >= 15 is 0 Å².